The van der Waals surface area contributed by atoms with E-state index < -0.39 is 0 Å². The number of benzene rings is 2. The second-order valence-corrected chi connectivity index (χ2v) is 5.60. The Bertz CT molecular complexity index is 867. The van der Waals surface area contributed by atoms with Crippen LogP contribution in [0.3, 0.4) is 0 Å². The summed E-state index contributed by atoms with van der Waals surface area (Å²) in [7, 11) is 0. The van der Waals surface area contributed by atoms with Crippen LogP contribution in [-0.2, 0) is 12.8 Å². The molecule has 3 aromatic rings. The summed E-state index contributed by atoms with van der Waals surface area (Å²) >= 11 is 5.12. The first kappa shape index (κ1) is 14.5. The van der Waals surface area contributed by atoms with Crippen LogP contribution in [0, 0.1) is 4.77 Å². The molecule has 22 heavy (non-hydrogen) atoms. The molecule has 0 aliphatic carbocycles. The van der Waals surface area contributed by atoms with Crippen LogP contribution in [0.5, 0.6) is 0 Å². The summed E-state index contributed by atoms with van der Waals surface area (Å²) in [6.07, 6.45) is 1.25. The molecule has 0 unspecified atom stereocenters. The Balaban J connectivity index is 2.01. The summed E-state index contributed by atoms with van der Waals surface area (Å²) < 4.78 is 0.368. The van der Waals surface area contributed by atoms with Gasteiger partial charge in [-0.05, 0) is 23.3 Å². The van der Waals surface area contributed by atoms with Crippen molar-refractivity contribution in [2.75, 3.05) is 0 Å². The van der Waals surface area contributed by atoms with Gasteiger partial charge in [-0.3, -0.25) is 9.78 Å². The van der Waals surface area contributed by atoms with Gasteiger partial charge in [-0.25, -0.2) is 0 Å². The largest absolute Gasteiger partial charge is 0.335 e. The van der Waals surface area contributed by atoms with Gasteiger partial charge in [-0.2, -0.15) is 0 Å². The molecule has 0 saturated carbocycles. The van der Waals surface area contributed by atoms with E-state index in [0.717, 1.165) is 22.4 Å². The van der Waals surface area contributed by atoms with Crippen LogP contribution in [0.2, 0.25) is 0 Å². The first-order valence-corrected chi connectivity index (χ1v) is 7.55. The van der Waals surface area contributed by atoms with E-state index in [1.165, 1.54) is 0 Å². The zero-order valence-corrected chi connectivity index (χ0v) is 12.8. The standard InChI is InChI=1S/C18H16N2OS/c21-17-15(11-13-7-3-1-4-8-13)16(19-18(22)20-17)12-14-9-5-2-6-10-14/h1-10H,11-12H2,(H2,19,20,21,22). The van der Waals surface area contributed by atoms with Gasteiger partial charge in [0.05, 0.1) is 0 Å². The van der Waals surface area contributed by atoms with Crippen LogP contribution >= 0.6 is 12.2 Å². The minimum Gasteiger partial charge on any atom is -0.335 e. The van der Waals surface area contributed by atoms with Crippen molar-refractivity contribution in [2.45, 2.75) is 12.8 Å². The average Bonchev–Trinajstić information content (AvgIpc) is 2.53. The summed E-state index contributed by atoms with van der Waals surface area (Å²) in [5.74, 6) is 0. The minimum absolute atomic E-state index is 0.112. The van der Waals surface area contributed by atoms with Crippen molar-refractivity contribution < 1.29 is 0 Å². The van der Waals surface area contributed by atoms with Crippen molar-refractivity contribution in [2.24, 2.45) is 0 Å². The van der Waals surface area contributed by atoms with E-state index in [1.807, 2.05) is 60.7 Å². The molecule has 1 aromatic heterocycles. The van der Waals surface area contributed by atoms with Crippen molar-refractivity contribution in [1.29, 1.82) is 0 Å². The van der Waals surface area contributed by atoms with Gasteiger partial charge in [0.15, 0.2) is 4.77 Å². The number of aromatic amines is 2. The van der Waals surface area contributed by atoms with Gasteiger partial charge in [0, 0.05) is 24.1 Å². The lowest BCUT2D eigenvalue weighted by atomic mass is 10.0. The number of H-pyrrole nitrogens is 2. The molecule has 3 nitrogen and oxygen atoms in total. The summed E-state index contributed by atoms with van der Waals surface area (Å²) in [6, 6.07) is 20.0. The lowest BCUT2D eigenvalue weighted by Gasteiger charge is -2.09. The Morgan fingerprint density at radius 3 is 1.91 bits per heavy atom. The van der Waals surface area contributed by atoms with Crippen molar-refractivity contribution in [3.63, 3.8) is 0 Å². The molecule has 0 bridgehead atoms. The molecule has 0 spiro atoms. The predicted molar refractivity (Wildman–Crippen MR) is 90.7 cm³/mol. The Labute approximate surface area is 133 Å². The number of hydrogen-bond acceptors (Lipinski definition) is 2. The normalized spacial score (nSPS) is 10.5. The molecule has 0 amide bonds. The molecule has 2 N–H and O–H groups in total. The molecule has 110 valence electrons. The van der Waals surface area contributed by atoms with Gasteiger partial charge in [0.25, 0.3) is 5.56 Å². The van der Waals surface area contributed by atoms with Gasteiger partial charge in [-0.1, -0.05) is 60.7 Å². The third kappa shape index (κ3) is 3.40. The Kier molecular flexibility index (Phi) is 4.30. The number of aromatic nitrogens is 2. The van der Waals surface area contributed by atoms with E-state index in [0.29, 0.717) is 17.6 Å². The maximum absolute atomic E-state index is 12.3. The van der Waals surface area contributed by atoms with E-state index >= 15 is 0 Å². The summed E-state index contributed by atoms with van der Waals surface area (Å²) in [5, 5.41) is 0. The Morgan fingerprint density at radius 2 is 1.32 bits per heavy atom. The van der Waals surface area contributed by atoms with Crippen molar-refractivity contribution in [1.82, 2.24) is 9.97 Å². The lowest BCUT2D eigenvalue weighted by Crippen LogP contribution is -2.18. The van der Waals surface area contributed by atoms with Crippen molar-refractivity contribution in [3.8, 4) is 0 Å². The molecule has 0 aliphatic heterocycles. The van der Waals surface area contributed by atoms with Gasteiger partial charge < -0.3 is 4.98 Å². The first-order chi connectivity index (χ1) is 10.7. The minimum atomic E-state index is -0.112. The highest BCUT2D eigenvalue weighted by molar-refractivity contribution is 7.71. The quantitative estimate of drug-likeness (QED) is 0.723. The maximum atomic E-state index is 12.3. The molecule has 0 saturated heterocycles. The van der Waals surface area contributed by atoms with Crippen LogP contribution in [0.15, 0.2) is 65.5 Å². The molecule has 1 heterocycles. The molecule has 2 aromatic carbocycles. The van der Waals surface area contributed by atoms with Crippen LogP contribution in [0.25, 0.3) is 0 Å². The highest BCUT2D eigenvalue weighted by atomic mass is 32.1. The number of hydrogen-bond donors (Lipinski definition) is 2. The molecule has 0 atom stereocenters. The predicted octanol–water partition coefficient (Wildman–Crippen LogP) is 3.61. The molecule has 0 radical (unpaired) electrons. The van der Waals surface area contributed by atoms with Crippen LogP contribution < -0.4 is 5.56 Å². The maximum Gasteiger partial charge on any atom is 0.255 e. The van der Waals surface area contributed by atoms with Crippen LogP contribution in [0.4, 0.5) is 0 Å². The highest BCUT2D eigenvalue weighted by Crippen LogP contribution is 2.13. The third-order valence-corrected chi connectivity index (χ3v) is 3.78. The smallest absolute Gasteiger partial charge is 0.255 e. The first-order valence-electron chi connectivity index (χ1n) is 7.14. The van der Waals surface area contributed by atoms with Gasteiger partial charge in [-0.15, -0.1) is 0 Å². The van der Waals surface area contributed by atoms with Gasteiger partial charge in [0.2, 0.25) is 0 Å². The van der Waals surface area contributed by atoms with E-state index in [4.69, 9.17) is 12.2 Å². The fourth-order valence-corrected chi connectivity index (χ4v) is 2.71. The van der Waals surface area contributed by atoms with Gasteiger partial charge in [0.1, 0.15) is 0 Å². The summed E-state index contributed by atoms with van der Waals surface area (Å²) in [4.78, 5) is 18.1. The molecular weight excluding hydrogens is 292 g/mol. The zero-order chi connectivity index (χ0) is 15.4. The summed E-state index contributed by atoms with van der Waals surface area (Å²) in [5.41, 5.74) is 3.76. The highest BCUT2D eigenvalue weighted by Gasteiger charge is 2.10. The molecule has 4 heteroatoms. The topological polar surface area (TPSA) is 48.6 Å². The fraction of sp³-hybridized carbons (Fsp3) is 0.111. The average molecular weight is 308 g/mol. The fourth-order valence-electron chi connectivity index (χ4n) is 2.50. The van der Waals surface area contributed by atoms with Crippen molar-refractivity contribution in [3.05, 3.63) is 98.2 Å². The van der Waals surface area contributed by atoms with E-state index in [-0.39, 0.29) is 5.56 Å². The van der Waals surface area contributed by atoms with Crippen molar-refractivity contribution >= 4 is 12.2 Å². The monoisotopic (exact) mass is 308 g/mol. The molecule has 0 aliphatic rings. The molecule has 3 rings (SSSR count). The SMILES string of the molecule is O=c1[nH]c(=S)[nH]c(Cc2ccccc2)c1Cc1ccccc1. The molecular formula is C18H16N2OS. The second kappa shape index (κ2) is 6.54. The Hall–Kier alpha value is -2.46. The second-order valence-electron chi connectivity index (χ2n) is 5.19. The van der Waals surface area contributed by atoms with Crippen LogP contribution in [-0.4, -0.2) is 9.97 Å². The van der Waals surface area contributed by atoms with Crippen LogP contribution in [0.1, 0.15) is 22.4 Å². The van der Waals surface area contributed by atoms with E-state index in [1.54, 1.807) is 0 Å². The third-order valence-electron chi connectivity index (χ3n) is 3.58. The zero-order valence-electron chi connectivity index (χ0n) is 12.0. The lowest BCUT2D eigenvalue weighted by molar-refractivity contribution is 0.924. The number of nitrogens with one attached hydrogen (secondary N) is 2. The van der Waals surface area contributed by atoms with E-state index in [2.05, 4.69) is 9.97 Å². The number of rotatable bonds is 4. The molecule has 0 fully saturated rings. The van der Waals surface area contributed by atoms with E-state index in [9.17, 15) is 4.79 Å². The Morgan fingerprint density at radius 1 is 0.773 bits per heavy atom. The summed E-state index contributed by atoms with van der Waals surface area (Å²) in [6.45, 7) is 0. The van der Waals surface area contributed by atoms with Gasteiger partial charge >= 0.3 is 0 Å².